The number of amides is 1. The van der Waals surface area contributed by atoms with E-state index in [4.69, 9.17) is 4.74 Å². The van der Waals surface area contributed by atoms with Crippen molar-refractivity contribution in [1.29, 1.82) is 0 Å². The molecule has 2 aromatic rings. The van der Waals surface area contributed by atoms with Gasteiger partial charge in [0, 0.05) is 49.6 Å². The fraction of sp³-hybridized carbons (Fsp3) is 0.450. The van der Waals surface area contributed by atoms with Crippen molar-refractivity contribution in [3.05, 3.63) is 30.0 Å². The lowest BCUT2D eigenvalue weighted by Gasteiger charge is -2.19. The zero-order chi connectivity index (χ0) is 20.1. The van der Waals surface area contributed by atoms with Crippen molar-refractivity contribution in [1.82, 2.24) is 15.3 Å². The van der Waals surface area contributed by atoms with E-state index in [0.29, 0.717) is 17.4 Å². The molecule has 1 aliphatic heterocycles. The van der Waals surface area contributed by atoms with Gasteiger partial charge in [-0.3, -0.25) is 4.79 Å². The maximum atomic E-state index is 11.3. The van der Waals surface area contributed by atoms with E-state index in [0.717, 1.165) is 43.9 Å². The van der Waals surface area contributed by atoms with Crippen LogP contribution >= 0.6 is 0 Å². The molecule has 0 aliphatic carbocycles. The molecule has 1 saturated heterocycles. The Balaban J connectivity index is 1.81. The first kappa shape index (κ1) is 19.7. The molecule has 150 valence electrons. The molecule has 0 spiro atoms. The summed E-state index contributed by atoms with van der Waals surface area (Å²) in [6.07, 6.45) is 2.72. The van der Waals surface area contributed by atoms with Gasteiger partial charge >= 0.3 is 0 Å². The summed E-state index contributed by atoms with van der Waals surface area (Å²) in [4.78, 5) is 22.7. The maximum absolute atomic E-state index is 11.3. The summed E-state index contributed by atoms with van der Waals surface area (Å²) in [5.41, 5.74) is 1.63. The number of phenols is 1. The quantitative estimate of drug-likeness (QED) is 0.674. The summed E-state index contributed by atoms with van der Waals surface area (Å²) in [5.74, 6) is 1.77. The van der Waals surface area contributed by atoms with E-state index >= 15 is 0 Å². The molecule has 8 heteroatoms. The standard InChI is InChI=1S/C20H27N5O3/c1-4-5-14-11-19(25-9-8-16(12-25)21-13(2)26)24-20(22-14)23-15-6-7-18(28-3)17(27)10-15/h6-7,10-11,16,27H,4-5,8-9,12H2,1-3H3,(H,21,26)(H,22,23,24)/t16-/m0/s1. The highest BCUT2D eigenvalue weighted by molar-refractivity contribution is 5.73. The number of anilines is 3. The zero-order valence-electron chi connectivity index (χ0n) is 16.5. The van der Waals surface area contributed by atoms with E-state index in [-0.39, 0.29) is 17.7 Å². The molecule has 1 atom stereocenters. The van der Waals surface area contributed by atoms with Crippen LogP contribution in [0.1, 0.15) is 32.4 Å². The van der Waals surface area contributed by atoms with Crippen LogP contribution in [0.25, 0.3) is 0 Å². The van der Waals surface area contributed by atoms with Gasteiger partial charge in [-0.2, -0.15) is 4.98 Å². The van der Waals surface area contributed by atoms with Crippen molar-refractivity contribution in [2.75, 3.05) is 30.4 Å². The lowest BCUT2D eigenvalue weighted by atomic mass is 10.2. The average Bonchev–Trinajstić information content (AvgIpc) is 3.10. The van der Waals surface area contributed by atoms with Gasteiger partial charge in [0.1, 0.15) is 5.82 Å². The Bertz CT molecular complexity index is 843. The zero-order valence-corrected chi connectivity index (χ0v) is 16.5. The van der Waals surface area contributed by atoms with Gasteiger partial charge in [-0.05, 0) is 25.0 Å². The number of carbonyl (C=O) groups is 1. The number of phenolic OH excluding ortho intramolecular Hbond substituents is 1. The highest BCUT2D eigenvalue weighted by Gasteiger charge is 2.24. The summed E-state index contributed by atoms with van der Waals surface area (Å²) in [5, 5.41) is 16.1. The molecule has 1 aromatic carbocycles. The molecule has 8 nitrogen and oxygen atoms in total. The Labute approximate surface area is 165 Å². The number of benzene rings is 1. The monoisotopic (exact) mass is 385 g/mol. The Morgan fingerprint density at radius 2 is 2.18 bits per heavy atom. The van der Waals surface area contributed by atoms with Gasteiger partial charge in [-0.15, -0.1) is 0 Å². The van der Waals surface area contributed by atoms with Gasteiger partial charge in [0.25, 0.3) is 0 Å². The third-order valence-electron chi connectivity index (χ3n) is 4.63. The Kier molecular flexibility index (Phi) is 6.18. The molecule has 1 aromatic heterocycles. The highest BCUT2D eigenvalue weighted by atomic mass is 16.5. The predicted octanol–water partition coefficient (Wildman–Crippen LogP) is 2.60. The van der Waals surface area contributed by atoms with Crippen molar-refractivity contribution in [2.45, 2.75) is 39.2 Å². The predicted molar refractivity (Wildman–Crippen MR) is 108 cm³/mol. The van der Waals surface area contributed by atoms with Crippen molar-refractivity contribution in [3.8, 4) is 11.5 Å². The molecule has 1 fully saturated rings. The number of aromatic hydroxyl groups is 1. The molecule has 0 bridgehead atoms. The Morgan fingerprint density at radius 1 is 1.36 bits per heavy atom. The number of rotatable bonds is 7. The summed E-state index contributed by atoms with van der Waals surface area (Å²) in [6, 6.07) is 7.22. The topological polar surface area (TPSA) is 99.6 Å². The van der Waals surface area contributed by atoms with E-state index in [9.17, 15) is 9.90 Å². The molecule has 3 N–H and O–H groups in total. The second-order valence-corrected chi connectivity index (χ2v) is 6.93. The first-order valence-corrected chi connectivity index (χ1v) is 9.52. The molecule has 2 heterocycles. The molecule has 1 aliphatic rings. The van der Waals surface area contributed by atoms with Gasteiger partial charge in [-0.1, -0.05) is 13.3 Å². The molecular weight excluding hydrogens is 358 g/mol. The largest absolute Gasteiger partial charge is 0.504 e. The number of aromatic nitrogens is 2. The van der Waals surface area contributed by atoms with Crippen molar-refractivity contribution >= 4 is 23.4 Å². The van der Waals surface area contributed by atoms with E-state index in [1.807, 2.05) is 6.07 Å². The fourth-order valence-corrected chi connectivity index (χ4v) is 3.36. The second kappa shape index (κ2) is 8.77. The Morgan fingerprint density at radius 3 is 2.86 bits per heavy atom. The summed E-state index contributed by atoms with van der Waals surface area (Å²) in [6.45, 7) is 5.21. The minimum atomic E-state index is -0.0112. The van der Waals surface area contributed by atoms with E-state index in [2.05, 4.69) is 32.4 Å². The van der Waals surface area contributed by atoms with Gasteiger partial charge in [0.05, 0.1) is 7.11 Å². The van der Waals surface area contributed by atoms with Gasteiger partial charge < -0.3 is 25.4 Å². The summed E-state index contributed by atoms with van der Waals surface area (Å²) < 4.78 is 5.08. The van der Waals surface area contributed by atoms with Crippen molar-refractivity contribution in [2.24, 2.45) is 0 Å². The van der Waals surface area contributed by atoms with Crippen LogP contribution in [0.2, 0.25) is 0 Å². The third-order valence-corrected chi connectivity index (χ3v) is 4.63. The molecular formula is C20H27N5O3. The van der Waals surface area contributed by atoms with Crippen molar-refractivity contribution in [3.63, 3.8) is 0 Å². The first-order valence-electron chi connectivity index (χ1n) is 9.52. The number of carbonyl (C=O) groups excluding carboxylic acids is 1. The second-order valence-electron chi connectivity index (χ2n) is 6.93. The van der Waals surface area contributed by atoms with Crippen LogP contribution in [0.4, 0.5) is 17.5 Å². The lowest BCUT2D eigenvalue weighted by Crippen LogP contribution is -2.35. The molecule has 0 unspecified atom stereocenters. The van der Waals surface area contributed by atoms with Crippen LogP contribution in [-0.2, 0) is 11.2 Å². The van der Waals surface area contributed by atoms with Crippen LogP contribution in [-0.4, -0.2) is 47.2 Å². The molecule has 0 saturated carbocycles. The molecule has 28 heavy (non-hydrogen) atoms. The number of hydrogen-bond donors (Lipinski definition) is 3. The molecule has 0 radical (unpaired) electrons. The number of nitrogens with zero attached hydrogens (tertiary/aromatic N) is 3. The number of nitrogens with one attached hydrogen (secondary N) is 2. The van der Waals surface area contributed by atoms with Gasteiger partial charge in [0.2, 0.25) is 11.9 Å². The van der Waals surface area contributed by atoms with Crippen LogP contribution in [0.3, 0.4) is 0 Å². The minimum Gasteiger partial charge on any atom is -0.504 e. The summed E-state index contributed by atoms with van der Waals surface area (Å²) in [7, 11) is 1.51. The SMILES string of the molecule is CCCc1cc(N2CC[C@H](NC(C)=O)C2)nc(Nc2ccc(OC)c(O)c2)n1. The van der Waals surface area contributed by atoms with Crippen LogP contribution < -0.4 is 20.3 Å². The van der Waals surface area contributed by atoms with Crippen LogP contribution in [0.15, 0.2) is 24.3 Å². The normalized spacial score (nSPS) is 16.1. The van der Waals surface area contributed by atoms with E-state index < -0.39 is 0 Å². The number of aryl methyl sites for hydroxylation is 1. The maximum Gasteiger partial charge on any atom is 0.229 e. The molecule has 1 amide bonds. The number of methoxy groups -OCH3 is 1. The molecule has 3 rings (SSSR count). The average molecular weight is 385 g/mol. The third kappa shape index (κ3) is 4.82. The van der Waals surface area contributed by atoms with Crippen LogP contribution in [0.5, 0.6) is 11.5 Å². The van der Waals surface area contributed by atoms with Crippen molar-refractivity contribution < 1.29 is 14.6 Å². The van der Waals surface area contributed by atoms with E-state index in [1.54, 1.807) is 25.1 Å². The number of hydrogen-bond acceptors (Lipinski definition) is 7. The summed E-state index contributed by atoms with van der Waals surface area (Å²) >= 11 is 0. The van der Waals surface area contributed by atoms with Crippen LogP contribution in [0, 0.1) is 0 Å². The lowest BCUT2D eigenvalue weighted by molar-refractivity contribution is -0.119. The van der Waals surface area contributed by atoms with Gasteiger partial charge in [0.15, 0.2) is 11.5 Å². The fourth-order valence-electron chi connectivity index (χ4n) is 3.36. The Hall–Kier alpha value is -3.03. The van der Waals surface area contributed by atoms with Gasteiger partial charge in [-0.25, -0.2) is 4.98 Å². The smallest absolute Gasteiger partial charge is 0.229 e. The first-order chi connectivity index (χ1) is 13.5. The minimum absolute atomic E-state index is 0.0112. The number of ether oxygens (including phenoxy) is 1. The highest BCUT2D eigenvalue weighted by Crippen LogP contribution is 2.30. The van der Waals surface area contributed by atoms with E-state index in [1.165, 1.54) is 7.11 Å².